The van der Waals surface area contributed by atoms with Crippen LogP contribution in [0.2, 0.25) is 0 Å². The molecule has 3 rings (SSSR count). The van der Waals surface area contributed by atoms with Crippen molar-refractivity contribution in [3.05, 3.63) is 29.8 Å². The van der Waals surface area contributed by atoms with Crippen LogP contribution >= 0.6 is 0 Å². The van der Waals surface area contributed by atoms with E-state index in [1.807, 2.05) is 13.0 Å². The fourth-order valence-corrected chi connectivity index (χ4v) is 2.72. The average Bonchev–Trinajstić information content (AvgIpc) is 3.21. The molecule has 1 unspecified atom stereocenters. The van der Waals surface area contributed by atoms with Gasteiger partial charge in [-0.1, -0.05) is 0 Å². The number of carbonyl (C=O) groups excluding carboxylic acids is 1. The molecule has 140 valence electrons. The van der Waals surface area contributed by atoms with Gasteiger partial charge in [0.2, 0.25) is 0 Å². The van der Waals surface area contributed by atoms with E-state index in [4.69, 9.17) is 5.26 Å². The molecular weight excluding hydrogens is 346 g/mol. The number of amides is 1. The van der Waals surface area contributed by atoms with E-state index in [0.717, 1.165) is 26.1 Å². The lowest BCUT2D eigenvalue weighted by atomic mass is 10.1. The molecular formula is C17H21N9O. The Bertz CT molecular complexity index is 825. The molecule has 0 aliphatic carbocycles. The van der Waals surface area contributed by atoms with Crippen LogP contribution in [0.3, 0.4) is 0 Å². The van der Waals surface area contributed by atoms with Crippen molar-refractivity contribution in [3.63, 3.8) is 0 Å². The molecule has 10 heteroatoms. The van der Waals surface area contributed by atoms with Crippen LogP contribution in [0.5, 0.6) is 0 Å². The fourth-order valence-electron chi connectivity index (χ4n) is 2.72. The predicted octanol–water partition coefficient (Wildman–Crippen LogP) is 0.653. The summed E-state index contributed by atoms with van der Waals surface area (Å²) < 4.78 is 0. The van der Waals surface area contributed by atoms with Crippen molar-refractivity contribution in [2.45, 2.75) is 13.3 Å². The van der Waals surface area contributed by atoms with Crippen molar-refractivity contribution >= 4 is 23.2 Å². The molecule has 1 aliphatic rings. The second-order valence-electron chi connectivity index (χ2n) is 6.11. The largest absolute Gasteiger partial charge is 0.383 e. The molecule has 0 saturated carbocycles. The Labute approximate surface area is 156 Å². The maximum Gasteiger partial charge on any atom is 0.273 e. The number of rotatable bonds is 7. The Balaban J connectivity index is 1.78. The van der Waals surface area contributed by atoms with Gasteiger partial charge in [-0.05, 0) is 32.4 Å². The minimum absolute atomic E-state index is 0.228. The summed E-state index contributed by atoms with van der Waals surface area (Å²) in [5, 5.41) is 29.3. The number of aromatic nitrogens is 4. The quantitative estimate of drug-likeness (QED) is 0.555. The van der Waals surface area contributed by atoms with Crippen molar-refractivity contribution in [3.8, 4) is 6.07 Å². The van der Waals surface area contributed by atoms with E-state index >= 15 is 0 Å². The van der Waals surface area contributed by atoms with Gasteiger partial charge in [0.25, 0.3) is 5.91 Å². The number of nitriles is 1. The van der Waals surface area contributed by atoms with Crippen LogP contribution in [0.4, 0.5) is 17.3 Å². The Morgan fingerprint density at radius 2 is 2.22 bits per heavy atom. The minimum atomic E-state index is -0.276. The van der Waals surface area contributed by atoms with E-state index in [9.17, 15) is 4.79 Å². The van der Waals surface area contributed by atoms with E-state index in [1.165, 1.54) is 12.4 Å². The molecule has 1 amide bonds. The topological polar surface area (TPSA) is 141 Å². The summed E-state index contributed by atoms with van der Waals surface area (Å²) in [5.74, 6) is 1.08. The van der Waals surface area contributed by atoms with Gasteiger partial charge < -0.3 is 21.3 Å². The van der Waals surface area contributed by atoms with Gasteiger partial charge in [0.05, 0.1) is 18.1 Å². The molecule has 2 aromatic heterocycles. The van der Waals surface area contributed by atoms with Crippen LogP contribution in [0.15, 0.2) is 18.5 Å². The smallest absolute Gasteiger partial charge is 0.273 e. The van der Waals surface area contributed by atoms with Crippen LogP contribution in [0, 0.1) is 17.2 Å². The number of hydrogen-bond donors (Lipinski definition) is 4. The monoisotopic (exact) mass is 367 g/mol. The van der Waals surface area contributed by atoms with Crippen molar-refractivity contribution < 1.29 is 4.79 Å². The summed E-state index contributed by atoms with van der Waals surface area (Å²) >= 11 is 0. The van der Waals surface area contributed by atoms with Gasteiger partial charge in [0, 0.05) is 19.2 Å². The minimum Gasteiger partial charge on any atom is -0.383 e. The molecule has 0 spiro atoms. The normalized spacial score (nSPS) is 15.8. The van der Waals surface area contributed by atoms with Crippen molar-refractivity contribution in [1.29, 1.82) is 5.26 Å². The first-order chi connectivity index (χ1) is 13.2. The van der Waals surface area contributed by atoms with Gasteiger partial charge in [-0.2, -0.15) is 5.26 Å². The van der Waals surface area contributed by atoms with E-state index in [0.29, 0.717) is 29.8 Å². The first kappa shape index (κ1) is 18.5. The molecule has 1 atom stereocenters. The molecule has 1 aliphatic heterocycles. The van der Waals surface area contributed by atoms with Crippen LogP contribution in [-0.2, 0) is 0 Å². The third-order valence-corrected chi connectivity index (χ3v) is 4.11. The molecule has 0 aromatic carbocycles. The van der Waals surface area contributed by atoms with E-state index in [2.05, 4.69) is 41.4 Å². The van der Waals surface area contributed by atoms with E-state index in [-0.39, 0.29) is 17.3 Å². The highest BCUT2D eigenvalue weighted by molar-refractivity contribution is 5.97. The fraction of sp³-hybridized carbons (Fsp3) is 0.412. The number of nitrogens with one attached hydrogen (secondary N) is 4. The molecule has 10 nitrogen and oxygen atoms in total. The molecule has 1 saturated heterocycles. The van der Waals surface area contributed by atoms with Gasteiger partial charge in [-0.25, -0.2) is 9.97 Å². The Hall–Kier alpha value is -3.32. The Kier molecular flexibility index (Phi) is 6.06. The number of anilines is 3. The molecule has 1 fully saturated rings. The van der Waals surface area contributed by atoms with Crippen LogP contribution in [0.25, 0.3) is 0 Å². The lowest BCUT2D eigenvalue weighted by Crippen LogP contribution is -2.26. The Morgan fingerprint density at radius 1 is 1.33 bits per heavy atom. The summed E-state index contributed by atoms with van der Waals surface area (Å²) in [7, 11) is 0. The van der Waals surface area contributed by atoms with Crippen molar-refractivity contribution in [2.75, 3.05) is 36.8 Å². The summed E-state index contributed by atoms with van der Waals surface area (Å²) in [4.78, 5) is 20.3. The van der Waals surface area contributed by atoms with Gasteiger partial charge in [-0.15, -0.1) is 10.2 Å². The molecule has 0 bridgehead atoms. The maximum absolute atomic E-state index is 12.3. The first-order valence-electron chi connectivity index (χ1n) is 8.79. The molecule has 0 radical (unpaired) electrons. The third kappa shape index (κ3) is 4.86. The highest BCUT2D eigenvalue weighted by Gasteiger charge is 2.18. The van der Waals surface area contributed by atoms with Crippen molar-refractivity contribution in [2.24, 2.45) is 5.92 Å². The van der Waals surface area contributed by atoms with Gasteiger partial charge in [0.15, 0.2) is 17.2 Å². The molecule has 2 aromatic rings. The second kappa shape index (κ2) is 8.86. The van der Waals surface area contributed by atoms with Crippen molar-refractivity contribution in [1.82, 2.24) is 30.8 Å². The highest BCUT2D eigenvalue weighted by Crippen LogP contribution is 2.20. The molecule has 4 N–H and O–H groups in total. The van der Waals surface area contributed by atoms with Crippen LogP contribution < -0.4 is 21.3 Å². The van der Waals surface area contributed by atoms with Crippen LogP contribution in [-0.4, -0.2) is 52.3 Å². The number of nitrogens with zero attached hydrogens (tertiary/aromatic N) is 5. The van der Waals surface area contributed by atoms with Gasteiger partial charge >= 0.3 is 0 Å². The zero-order valence-corrected chi connectivity index (χ0v) is 15.0. The second-order valence-corrected chi connectivity index (χ2v) is 6.11. The number of hydrogen-bond acceptors (Lipinski definition) is 9. The Morgan fingerprint density at radius 3 is 2.89 bits per heavy atom. The molecule has 27 heavy (non-hydrogen) atoms. The maximum atomic E-state index is 12.3. The standard InChI is InChI=1S/C17H21N9O/c1-2-20-17(27)16-13(22-8-11-3-4-19-7-11)5-14(25-26-16)24-15-10-21-12(6-18)9-23-15/h5,9-11,19H,2-4,7-8H2,1H3,(H,20,27)(H2,22,23,24,25). The predicted molar refractivity (Wildman–Crippen MR) is 99.5 cm³/mol. The zero-order valence-electron chi connectivity index (χ0n) is 15.0. The third-order valence-electron chi connectivity index (χ3n) is 4.11. The number of carbonyl (C=O) groups is 1. The SMILES string of the molecule is CCNC(=O)c1nnc(Nc2cnc(C#N)cn2)cc1NCC1CCNC1. The lowest BCUT2D eigenvalue weighted by molar-refractivity contribution is 0.0950. The highest BCUT2D eigenvalue weighted by atomic mass is 16.1. The summed E-state index contributed by atoms with van der Waals surface area (Å²) in [5.41, 5.74) is 1.08. The van der Waals surface area contributed by atoms with Gasteiger partial charge in [-0.3, -0.25) is 4.79 Å². The molecule has 3 heterocycles. The summed E-state index contributed by atoms with van der Waals surface area (Å²) in [6.45, 7) is 5.05. The van der Waals surface area contributed by atoms with Gasteiger partial charge in [0.1, 0.15) is 11.9 Å². The first-order valence-corrected chi connectivity index (χ1v) is 8.79. The lowest BCUT2D eigenvalue weighted by Gasteiger charge is -2.15. The van der Waals surface area contributed by atoms with E-state index < -0.39 is 0 Å². The summed E-state index contributed by atoms with van der Waals surface area (Å²) in [6, 6.07) is 3.64. The average molecular weight is 367 g/mol. The van der Waals surface area contributed by atoms with E-state index in [1.54, 1.807) is 6.07 Å². The zero-order chi connectivity index (χ0) is 19.1. The summed E-state index contributed by atoms with van der Waals surface area (Å²) in [6.07, 6.45) is 3.90. The van der Waals surface area contributed by atoms with Crippen LogP contribution in [0.1, 0.15) is 29.5 Å².